The molecule has 0 heterocycles. The van der Waals surface area contributed by atoms with Crippen molar-refractivity contribution in [2.75, 3.05) is 10.6 Å². The van der Waals surface area contributed by atoms with E-state index >= 15 is 0 Å². The van der Waals surface area contributed by atoms with Gasteiger partial charge in [0.2, 0.25) is 0 Å². The summed E-state index contributed by atoms with van der Waals surface area (Å²) in [6.45, 7) is 0. The van der Waals surface area contributed by atoms with Crippen molar-refractivity contribution in [1.82, 2.24) is 0 Å². The number of anilines is 2. The Hall–Kier alpha value is -5.02. The topological polar surface area (TPSA) is 201 Å². The first-order valence-electron chi connectivity index (χ1n) is 11.9. The summed E-state index contributed by atoms with van der Waals surface area (Å²) in [5, 5.41) is 4.97. The molecule has 4 aromatic carbocycles. The fraction of sp³-hybridized carbons (Fsp3) is 0. The van der Waals surface area contributed by atoms with Crippen LogP contribution in [0, 0.1) is 0 Å². The van der Waals surface area contributed by atoms with Crippen molar-refractivity contribution in [2.24, 2.45) is 0 Å². The average molecular weight is 607 g/mol. The summed E-state index contributed by atoms with van der Waals surface area (Å²) in [4.78, 5) is 52.3. The Morgan fingerprint density at radius 2 is 0.929 bits per heavy atom. The fourth-order valence-electron chi connectivity index (χ4n) is 4.42. The average Bonchev–Trinajstić information content (AvgIpc) is 2.95. The van der Waals surface area contributed by atoms with Gasteiger partial charge in [-0.3, -0.25) is 28.3 Å². The predicted octanol–water partition coefficient (Wildman–Crippen LogP) is 3.46. The van der Waals surface area contributed by atoms with Crippen LogP contribution in [0.25, 0.3) is 0 Å². The van der Waals surface area contributed by atoms with Crippen molar-refractivity contribution in [3.8, 4) is 0 Å². The number of carbonyl (C=O) groups is 4. The van der Waals surface area contributed by atoms with Crippen molar-refractivity contribution < 1.29 is 45.1 Å². The molecular formula is C28H18N2O10S2. The number of hydrogen-bond donors (Lipinski definition) is 4. The van der Waals surface area contributed by atoms with Gasteiger partial charge >= 0.3 is 0 Å². The SMILES string of the molecule is O=C(Nc1ccc(NC(=O)c2cccc(S(=O)(=O)O)c2)c2c1C(=O)c1ccccc1C2=O)c1cccc(S(=O)(=O)O)c1. The van der Waals surface area contributed by atoms with Gasteiger partial charge in [0.05, 0.1) is 32.3 Å². The van der Waals surface area contributed by atoms with Gasteiger partial charge in [0.15, 0.2) is 11.6 Å². The second-order valence-electron chi connectivity index (χ2n) is 9.03. The van der Waals surface area contributed by atoms with Crippen molar-refractivity contribution in [1.29, 1.82) is 0 Å². The van der Waals surface area contributed by atoms with E-state index in [2.05, 4.69) is 10.6 Å². The van der Waals surface area contributed by atoms with E-state index in [0.717, 1.165) is 24.3 Å². The number of carbonyl (C=O) groups excluding carboxylic acids is 4. The zero-order valence-electron chi connectivity index (χ0n) is 21.1. The van der Waals surface area contributed by atoms with Crippen LogP contribution in [-0.4, -0.2) is 49.3 Å². The first-order valence-corrected chi connectivity index (χ1v) is 14.8. The molecule has 0 bridgehead atoms. The van der Waals surface area contributed by atoms with Crippen LogP contribution in [0.2, 0.25) is 0 Å². The number of fused-ring (bicyclic) bond motifs is 2. The molecule has 4 aromatic rings. The highest BCUT2D eigenvalue weighted by Gasteiger charge is 2.35. The number of benzene rings is 4. The minimum atomic E-state index is -4.61. The molecule has 0 unspecified atom stereocenters. The van der Waals surface area contributed by atoms with Crippen LogP contribution in [-0.2, 0) is 20.2 Å². The van der Waals surface area contributed by atoms with Gasteiger partial charge in [-0.25, -0.2) is 0 Å². The van der Waals surface area contributed by atoms with Gasteiger partial charge in [-0.05, 0) is 48.5 Å². The molecule has 0 aliphatic heterocycles. The van der Waals surface area contributed by atoms with Crippen molar-refractivity contribution >= 4 is 55.0 Å². The minimum absolute atomic E-state index is 0.0446. The summed E-state index contributed by atoms with van der Waals surface area (Å²) in [7, 11) is -9.23. The van der Waals surface area contributed by atoms with E-state index in [1.165, 1.54) is 48.5 Å². The van der Waals surface area contributed by atoms with E-state index in [1.807, 2.05) is 0 Å². The quantitative estimate of drug-likeness (QED) is 0.207. The first-order chi connectivity index (χ1) is 19.8. The molecule has 0 fully saturated rings. The number of ketones is 2. The number of nitrogens with one attached hydrogen (secondary N) is 2. The molecule has 14 heteroatoms. The third-order valence-electron chi connectivity index (χ3n) is 6.36. The van der Waals surface area contributed by atoms with Crippen LogP contribution in [0.5, 0.6) is 0 Å². The second kappa shape index (κ2) is 10.4. The maximum atomic E-state index is 13.6. The van der Waals surface area contributed by atoms with Crippen LogP contribution in [0.3, 0.4) is 0 Å². The Kier molecular flexibility index (Phi) is 7.08. The maximum absolute atomic E-state index is 13.6. The molecule has 42 heavy (non-hydrogen) atoms. The standard InChI is InChI=1S/C28H18N2O10S2/c31-25-19-9-1-2-10-20(19)26(32)24-22(30-28(34)16-6-4-8-18(14-16)42(38,39)40)12-11-21(23(24)25)29-27(33)15-5-3-7-17(13-15)41(35,36)37/h1-14H,(H,29,33)(H,30,34)(H,35,36,37)(H,38,39,40). The molecule has 0 saturated heterocycles. The van der Waals surface area contributed by atoms with Gasteiger partial charge in [-0.1, -0.05) is 36.4 Å². The summed E-state index contributed by atoms with van der Waals surface area (Å²) >= 11 is 0. The Morgan fingerprint density at radius 3 is 1.29 bits per heavy atom. The molecule has 2 amide bonds. The molecule has 0 saturated carbocycles. The molecule has 0 radical (unpaired) electrons. The Morgan fingerprint density at radius 1 is 0.548 bits per heavy atom. The highest BCUT2D eigenvalue weighted by molar-refractivity contribution is 7.86. The summed E-state index contributed by atoms with van der Waals surface area (Å²) in [5.41, 5.74) is -0.996. The van der Waals surface area contributed by atoms with Gasteiger partial charge < -0.3 is 10.6 Å². The molecular weight excluding hydrogens is 588 g/mol. The lowest BCUT2D eigenvalue weighted by Gasteiger charge is -2.23. The lowest BCUT2D eigenvalue weighted by atomic mass is 9.82. The third kappa shape index (κ3) is 5.34. The van der Waals surface area contributed by atoms with Crippen LogP contribution < -0.4 is 10.6 Å². The lowest BCUT2D eigenvalue weighted by Crippen LogP contribution is -2.26. The molecule has 0 aromatic heterocycles. The summed E-state index contributed by atoms with van der Waals surface area (Å²) in [6.07, 6.45) is 0. The van der Waals surface area contributed by atoms with Gasteiger partial charge in [0.1, 0.15) is 0 Å². The molecule has 0 spiro atoms. The smallest absolute Gasteiger partial charge is 0.294 e. The lowest BCUT2D eigenvalue weighted by molar-refractivity contribution is 0.0977. The van der Waals surface area contributed by atoms with Crippen molar-refractivity contribution in [3.05, 3.63) is 118 Å². The van der Waals surface area contributed by atoms with Crippen LogP contribution in [0.1, 0.15) is 52.6 Å². The molecule has 4 N–H and O–H groups in total. The van der Waals surface area contributed by atoms with Gasteiger partial charge in [0.25, 0.3) is 32.1 Å². The Bertz CT molecular complexity index is 1920. The molecule has 1 aliphatic carbocycles. The highest BCUT2D eigenvalue weighted by Crippen LogP contribution is 2.37. The second-order valence-corrected chi connectivity index (χ2v) is 11.9. The molecule has 5 rings (SSSR count). The first kappa shape index (κ1) is 28.5. The Labute approximate surface area is 238 Å². The minimum Gasteiger partial charge on any atom is -0.321 e. The number of amides is 2. The summed E-state index contributed by atoms with van der Waals surface area (Å²) < 4.78 is 64.7. The normalized spacial score (nSPS) is 12.7. The Balaban J connectivity index is 1.59. The van der Waals surface area contributed by atoms with Crippen molar-refractivity contribution in [3.63, 3.8) is 0 Å². The van der Waals surface area contributed by atoms with Crippen molar-refractivity contribution in [2.45, 2.75) is 9.79 Å². The van der Waals surface area contributed by atoms with E-state index in [0.29, 0.717) is 0 Å². The highest BCUT2D eigenvalue weighted by atomic mass is 32.2. The molecule has 12 nitrogen and oxygen atoms in total. The van der Waals surface area contributed by atoms with E-state index < -0.39 is 53.4 Å². The van der Waals surface area contributed by atoms with Crippen LogP contribution in [0.15, 0.2) is 94.7 Å². The number of rotatable bonds is 6. The van der Waals surface area contributed by atoms with E-state index in [1.54, 1.807) is 12.1 Å². The predicted molar refractivity (Wildman–Crippen MR) is 148 cm³/mol. The zero-order valence-corrected chi connectivity index (χ0v) is 22.7. The molecule has 0 atom stereocenters. The van der Waals surface area contributed by atoms with Crippen LogP contribution in [0.4, 0.5) is 11.4 Å². The molecule has 1 aliphatic rings. The monoisotopic (exact) mass is 606 g/mol. The summed E-state index contributed by atoms with van der Waals surface area (Å²) in [5.74, 6) is -3.01. The van der Waals surface area contributed by atoms with Crippen LogP contribution >= 0.6 is 0 Å². The summed E-state index contributed by atoms with van der Waals surface area (Å²) in [6, 6.07) is 17.5. The number of hydrogen-bond acceptors (Lipinski definition) is 8. The fourth-order valence-corrected chi connectivity index (χ4v) is 5.47. The maximum Gasteiger partial charge on any atom is 0.294 e. The van der Waals surface area contributed by atoms with E-state index in [9.17, 15) is 45.1 Å². The van der Waals surface area contributed by atoms with E-state index in [4.69, 9.17) is 0 Å². The zero-order chi connectivity index (χ0) is 30.4. The van der Waals surface area contributed by atoms with E-state index in [-0.39, 0.29) is 44.8 Å². The largest absolute Gasteiger partial charge is 0.321 e. The van der Waals surface area contributed by atoms with Gasteiger partial charge in [-0.2, -0.15) is 16.8 Å². The third-order valence-corrected chi connectivity index (χ3v) is 8.06. The van der Waals surface area contributed by atoms with Gasteiger partial charge in [0, 0.05) is 22.3 Å². The molecule has 212 valence electrons. The van der Waals surface area contributed by atoms with Gasteiger partial charge in [-0.15, -0.1) is 0 Å².